The van der Waals surface area contributed by atoms with Gasteiger partial charge in [-0.15, -0.1) is 0 Å². The number of carbonyl (C=O) groups is 2. The number of nitrogens with one attached hydrogen (secondary N) is 1. The summed E-state index contributed by atoms with van der Waals surface area (Å²) in [5.41, 5.74) is 2.06. The molecule has 1 aliphatic heterocycles. The number of para-hydroxylation sites is 1. The molecule has 0 spiro atoms. The van der Waals surface area contributed by atoms with Crippen LogP contribution in [0.4, 0.5) is 11.5 Å². The number of hydrogen-bond donors (Lipinski definition) is 1. The molecule has 4 rings (SSSR count). The molecule has 1 atom stereocenters. The quantitative estimate of drug-likeness (QED) is 0.601. The Morgan fingerprint density at radius 2 is 1.82 bits per heavy atom. The molecule has 0 bridgehead atoms. The van der Waals surface area contributed by atoms with Gasteiger partial charge in [-0.05, 0) is 30.3 Å². The number of piperazine rings is 1. The molecular formula is C26H28N4O4. The van der Waals surface area contributed by atoms with Crippen LogP contribution >= 0.6 is 0 Å². The predicted octanol–water partition coefficient (Wildman–Crippen LogP) is 3.89. The van der Waals surface area contributed by atoms with Crippen molar-refractivity contribution in [3.63, 3.8) is 0 Å². The molecule has 1 N–H and O–H groups in total. The molecule has 176 valence electrons. The van der Waals surface area contributed by atoms with E-state index in [0.29, 0.717) is 42.5 Å². The number of anilines is 2. The maximum absolute atomic E-state index is 13.9. The van der Waals surface area contributed by atoms with Gasteiger partial charge in [0.2, 0.25) is 5.91 Å². The van der Waals surface area contributed by atoms with Crippen molar-refractivity contribution < 1.29 is 19.1 Å². The molecular weight excluding hydrogens is 432 g/mol. The minimum Gasteiger partial charge on any atom is -0.497 e. The number of benzene rings is 2. The summed E-state index contributed by atoms with van der Waals surface area (Å²) in [7, 11) is 3.21. The molecule has 0 saturated carbocycles. The first-order valence-electron chi connectivity index (χ1n) is 11.1. The normalized spacial score (nSPS) is 15.6. The number of carbonyl (C=O) groups excluding carboxylic acids is 2. The molecule has 2 heterocycles. The van der Waals surface area contributed by atoms with E-state index in [1.165, 1.54) is 0 Å². The van der Waals surface area contributed by atoms with Gasteiger partial charge in [0.05, 0.1) is 25.8 Å². The third-order valence-corrected chi connectivity index (χ3v) is 5.96. The molecule has 0 unspecified atom stereocenters. The number of methoxy groups -OCH3 is 2. The number of ether oxygens (including phenoxy) is 2. The van der Waals surface area contributed by atoms with E-state index in [4.69, 9.17) is 9.47 Å². The SMILES string of the molecule is COc1cccc(Nc2ncccc2C(=O)N2CCN(C(C)=O)C[C@H]2c2ccccc2OC)c1. The first-order valence-corrected chi connectivity index (χ1v) is 11.1. The van der Waals surface area contributed by atoms with Crippen LogP contribution in [0.15, 0.2) is 66.9 Å². The molecule has 0 radical (unpaired) electrons. The van der Waals surface area contributed by atoms with E-state index in [9.17, 15) is 9.59 Å². The van der Waals surface area contributed by atoms with E-state index in [0.717, 1.165) is 11.3 Å². The number of aromatic nitrogens is 1. The van der Waals surface area contributed by atoms with Gasteiger partial charge in [-0.2, -0.15) is 0 Å². The molecule has 2 amide bonds. The van der Waals surface area contributed by atoms with Gasteiger partial charge < -0.3 is 24.6 Å². The highest BCUT2D eigenvalue weighted by atomic mass is 16.5. The maximum atomic E-state index is 13.9. The lowest BCUT2D eigenvalue weighted by Gasteiger charge is -2.42. The number of amides is 2. The van der Waals surface area contributed by atoms with Crippen LogP contribution in [0.5, 0.6) is 11.5 Å². The van der Waals surface area contributed by atoms with Crippen molar-refractivity contribution in [1.29, 1.82) is 0 Å². The fraction of sp³-hybridized carbons (Fsp3) is 0.269. The van der Waals surface area contributed by atoms with Gasteiger partial charge in [0.15, 0.2) is 0 Å². The highest BCUT2D eigenvalue weighted by Crippen LogP contribution is 2.34. The Kier molecular flexibility index (Phi) is 6.96. The molecule has 1 fully saturated rings. The van der Waals surface area contributed by atoms with E-state index in [-0.39, 0.29) is 17.9 Å². The van der Waals surface area contributed by atoms with Crippen molar-refractivity contribution in [3.8, 4) is 11.5 Å². The number of nitrogens with zero attached hydrogens (tertiary/aromatic N) is 3. The molecule has 34 heavy (non-hydrogen) atoms. The van der Waals surface area contributed by atoms with Crippen molar-refractivity contribution in [3.05, 3.63) is 78.0 Å². The lowest BCUT2D eigenvalue weighted by Crippen LogP contribution is -2.52. The Morgan fingerprint density at radius 1 is 1.00 bits per heavy atom. The third kappa shape index (κ3) is 4.80. The molecule has 2 aromatic carbocycles. The van der Waals surface area contributed by atoms with Gasteiger partial charge in [-0.1, -0.05) is 24.3 Å². The van der Waals surface area contributed by atoms with E-state index in [1.807, 2.05) is 48.5 Å². The Bertz CT molecular complexity index is 1180. The first kappa shape index (κ1) is 23.1. The molecule has 8 nitrogen and oxygen atoms in total. The monoisotopic (exact) mass is 460 g/mol. The second-order valence-electron chi connectivity index (χ2n) is 7.98. The highest BCUT2D eigenvalue weighted by Gasteiger charge is 2.35. The Hall–Kier alpha value is -4.07. The van der Waals surface area contributed by atoms with Crippen LogP contribution in [0.2, 0.25) is 0 Å². The standard InChI is InChI=1S/C26H28N4O4/c1-18(31)29-14-15-30(23(17-29)21-10-4-5-12-24(21)34-3)26(32)22-11-7-13-27-25(22)28-19-8-6-9-20(16-19)33-2/h4-13,16,23H,14-15,17H2,1-3H3,(H,27,28)/t23-/m0/s1. The zero-order valence-electron chi connectivity index (χ0n) is 19.5. The fourth-order valence-corrected chi connectivity index (χ4v) is 4.19. The second-order valence-corrected chi connectivity index (χ2v) is 7.98. The first-order chi connectivity index (χ1) is 16.5. The van der Waals surface area contributed by atoms with E-state index >= 15 is 0 Å². The fourth-order valence-electron chi connectivity index (χ4n) is 4.19. The summed E-state index contributed by atoms with van der Waals surface area (Å²) in [4.78, 5) is 34.0. The van der Waals surface area contributed by atoms with Crippen LogP contribution in [0.25, 0.3) is 0 Å². The molecule has 1 saturated heterocycles. The van der Waals surface area contributed by atoms with Crippen LogP contribution < -0.4 is 14.8 Å². The van der Waals surface area contributed by atoms with Gasteiger partial charge in [-0.3, -0.25) is 9.59 Å². The van der Waals surface area contributed by atoms with Gasteiger partial charge in [-0.25, -0.2) is 4.98 Å². The van der Waals surface area contributed by atoms with Crippen molar-refractivity contribution in [2.45, 2.75) is 13.0 Å². The lowest BCUT2D eigenvalue weighted by molar-refractivity contribution is -0.131. The number of pyridine rings is 1. The number of rotatable bonds is 6. The maximum Gasteiger partial charge on any atom is 0.258 e. The van der Waals surface area contributed by atoms with E-state index in [2.05, 4.69) is 10.3 Å². The summed E-state index contributed by atoms with van der Waals surface area (Å²) in [6.45, 7) is 2.80. The summed E-state index contributed by atoms with van der Waals surface area (Å²) in [5, 5.41) is 3.24. The molecule has 1 aromatic heterocycles. The van der Waals surface area contributed by atoms with Crippen LogP contribution in [0.3, 0.4) is 0 Å². The lowest BCUT2D eigenvalue weighted by atomic mass is 9.99. The second kappa shape index (κ2) is 10.2. The summed E-state index contributed by atoms with van der Waals surface area (Å²) in [6, 6.07) is 18.2. The van der Waals surface area contributed by atoms with Crippen LogP contribution in [0, 0.1) is 0 Å². The smallest absolute Gasteiger partial charge is 0.258 e. The van der Waals surface area contributed by atoms with Gasteiger partial charge in [0.25, 0.3) is 5.91 Å². The van der Waals surface area contributed by atoms with Crippen molar-refractivity contribution in [2.24, 2.45) is 0 Å². The van der Waals surface area contributed by atoms with Crippen molar-refractivity contribution in [2.75, 3.05) is 39.2 Å². The van der Waals surface area contributed by atoms with Gasteiger partial charge >= 0.3 is 0 Å². The highest BCUT2D eigenvalue weighted by molar-refractivity contribution is 5.99. The minimum atomic E-state index is -0.355. The van der Waals surface area contributed by atoms with E-state index in [1.54, 1.807) is 49.3 Å². The van der Waals surface area contributed by atoms with Crippen molar-refractivity contribution >= 4 is 23.3 Å². The predicted molar refractivity (Wildman–Crippen MR) is 130 cm³/mol. The van der Waals surface area contributed by atoms with Crippen LogP contribution in [-0.4, -0.2) is 60.5 Å². The third-order valence-electron chi connectivity index (χ3n) is 5.96. The Morgan fingerprint density at radius 3 is 2.59 bits per heavy atom. The summed E-state index contributed by atoms with van der Waals surface area (Å²) >= 11 is 0. The van der Waals surface area contributed by atoms with Gasteiger partial charge in [0, 0.05) is 50.1 Å². The Labute approximate surface area is 199 Å². The molecule has 3 aromatic rings. The van der Waals surface area contributed by atoms with Crippen molar-refractivity contribution in [1.82, 2.24) is 14.8 Å². The zero-order valence-corrected chi connectivity index (χ0v) is 19.5. The van der Waals surface area contributed by atoms with Crippen LogP contribution in [0.1, 0.15) is 28.9 Å². The minimum absolute atomic E-state index is 0.0197. The zero-order chi connectivity index (χ0) is 24.1. The molecule has 8 heteroatoms. The average molecular weight is 461 g/mol. The largest absolute Gasteiger partial charge is 0.497 e. The molecule has 1 aliphatic rings. The Balaban J connectivity index is 1.68. The summed E-state index contributed by atoms with van der Waals surface area (Å²) < 4.78 is 10.9. The summed E-state index contributed by atoms with van der Waals surface area (Å²) in [6.07, 6.45) is 1.64. The van der Waals surface area contributed by atoms with Crippen LogP contribution in [-0.2, 0) is 4.79 Å². The topological polar surface area (TPSA) is 84.0 Å². The van der Waals surface area contributed by atoms with Gasteiger partial charge in [0.1, 0.15) is 17.3 Å². The molecule has 0 aliphatic carbocycles. The summed E-state index contributed by atoms with van der Waals surface area (Å²) in [5.74, 6) is 1.64. The average Bonchev–Trinajstić information content (AvgIpc) is 2.88. The van der Waals surface area contributed by atoms with E-state index < -0.39 is 0 Å². The number of hydrogen-bond acceptors (Lipinski definition) is 6.